The zero-order valence-corrected chi connectivity index (χ0v) is 18.2. The Balaban J connectivity index is 1.55. The molecule has 0 amide bonds. The van der Waals surface area contributed by atoms with E-state index in [1.165, 1.54) is 17.9 Å². The minimum absolute atomic E-state index is 0.0288. The van der Waals surface area contributed by atoms with Gasteiger partial charge in [0.2, 0.25) is 5.88 Å². The maximum atomic E-state index is 13.1. The largest absolute Gasteiger partial charge is 0.481 e. The molecule has 0 aliphatic carbocycles. The van der Waals surface area contributed by atoms with E-state index >= 15 is 0 Å². The number of carbonyl (C=O) groups is 1. The maximum Gasteiger partial charge on any atom is 0.332 e. The van der Waals surface area contributed by atoms with Crippen LogP contribution in [0.1, 0.15) is 11.1 Å². The van der Waals surface area contributed by atoms with Crippen molar-refractivity contribution in [3.05, 3.63) is 80.6 Å². The van der Waals surface area contributed by atoms with Gasteiger partial charge >= 0.3 is 11.7 Å². The number of carbonyl (C=O) groups excluding carboxylic acids is 1. The van der Waals surface area contributed by atoms with Crippen molar-refractivity contribution in [2.75, 3.05) is 7.11 Å². The van der Waals surface area contributed by atoms with Gasteiger partial charge in [0.1, 0.15) is 16.8 Å². The highest BCUT2D eigenvalue weighted by Crippen LogP contribution is 2.32. The van der Waals surface area contributed by atoms with Gasteiger partial charge in [0.05, 0.1) is 13.7 Å². The lowest BCUT2D eigenvalue weighted by Gasteiger charge is -2.20. The molecule has 10 heteroatoms. The molecule has 32 heavy (non-hydrogen) atoms. The molecule has 0 saturated heterocycles. The molecule has 0 radical (unpaired) electrons. The Morgan fingerprint density at radius 1 is 1.16 bits per heavy atom. The maximum absolute atomic E-state index is 13.1. The molecule has 3 aromatic rings. The quantitative estimate of drug-likeness (QED) is 0.526. The van der Waals surface area contributed by atoms with Gasteiger partial charge in [0.25, 0.3) is 5.56 Å². The minimum atomic E-state index is -0.804. The van der Waals surface area contributed by atoms with Crippen LogP contribution in [0.25, 0.3) is 0 Å². The number of thioether (sulfide) groups is 1. The number of nitrogens with zero attached hydrogens (tertiary/aromatic N) is 4. The van der Waals surface area contributed by atoms with E-state index < -0.39 is 22.5 Å². The molecule has 1 unspecified atom stereocenters. The highest BCUT2D eigenvalue weighted by atomic mass is 32.2. The number of hydrogen-bond donors (Lipinski definition) is 0. The smallest absolute Gasteiger partial charge is 0.332 e. The number of pyridine rings is 1. The van der Waals surface area contributed by atoms with Gasteiger partial charge in [-0.25, -0.2) is 14.8 Å². The fourth-order valence-corrected chi connectivity index (χ4v) is 4.22. The molecular formula is C22H20N4O5S. The van der Waals surface area contributed by atoms with E-state index in [1.807, 2.05) is 30.3 Å². The van der Waals surface area contributed by atoms with Crippen molar-refractivity contribution in [3.63, 3.8) is 0 Å². The van der Waals surface area contributed by atoms with Gasteiger partial charge in [-0.15, -0.1) is 0 Å². The van der Waals surface area contributed by atoms with Crippen LogP contribution in [0.5, 0.6) is 5.88 Å². The summed E-state index contributed by atoms with van der Waals surface area (Å²) in [5.41, 5.74) is 0.587. The van der Waals surface area contributed by atoms with Gasteiger partial charge in [0, 0.05) is 25.5 Å². The molecule has 2 aromatic heterocycles. The Morgan fingerprint density at radius 2 is 1.94 bits per heavy atom. The van der Waals surface area contributed by atoms with Crippen molar-refractivity contribution in [2.45, 2.75) is 23.3 Å². The summed E-state index contributed by atoms with van der Waals surface area (Å²) >= 11 is 1.03. The predicted octanol–water partition coefficient (Wildman–Crippen LogP) is 1.92. The average Bonchev–Trinajstić information content (AvgIpc) is 2.84. The summed E-state index contributed by atoms with van der Waals surface area (Å²) in [5, 5.41) is -0.804. The summed E-state index contributed by atoms with van der Waals surface area (Å²) in [4.78, 5) is 46.9. The summed E-state index contributed by atoms with van der Waals surface area (Å²) in [7, 11) is 3.05. The third-order valence-electron chi connectivity index (χ3n) is 4.86. The number of aromatic nitrogens is 3. The molecule has 1 aliphatic rings. The van der Waals surface area contributed by atoms with Gasteiger partial charge in [-0.05, 0) is 17.2 Å². The summed E-state index contributed by atoms with van der Waals surface area (Å²) < 4.78 is 12.9. The molecule has 1 aromatic carbocycles. The van der Waals surface area contributed by atoms with E-state index in [4.69, 9.17) is 9.47 Å². The van der Waals surface area contributed by atoms with E-state index in [-0.39, 0.29) is 23.9 Å². The zero-order chi connectivity index (χ0) is 22.7. The Labute approximate surface area is 187 Å². The highest BCUT2D eigenvalue weighted by Gasteiger charge is 2.29. The molecule has 3 heterocycles. The van der Waals surface area contributed by atoms with Crippen molar-refractivity contribution in [1.29, 1.82) is 0 Å². The van der Waals surface area contributed by atoms with Crippen LogP contribution in [0, 0.1) is 0 Å². The van der Waals surface area contributed by atoms with Crippen LogP contribution in [0.2, 0.25) is 0 Å². The third kappa shape index (κ3) is 4.35. The second kappa shape index (κ2) is 9.23. The molecule has 1 atom stereocenters. The van der Waals surface area contributed by atoms with Crippen molar-refractivity contribution in [1.82, 2.24) is 14.1 Å². The van der Waals surface area contributed by atoms with Gasteiger partial charge in [-0.2, -0.15) is 0 Å². The average molecular weight is 452 g/mol. The summed E-state index contributed by atoms with van der Waals surface area (Å²) in [6.07, 6.45) is 2.95. The fraction of sp³-hybridized carbons (Fsp3) is 0.227. The zero-order valence-electron chi connectivity index (χ0n) is 17.4. The van der Waals surface area contributed by atoms with Crippen LogP contribution in [-0.2, 0) is 29.7 Å². The fourth-order valence-electron chi connectivity index (χ4n) is 3.18. The number of ether oxygens (including phenoxy) is 2. The number of aliphatic imine (C=N–C) groups is 1. The number of hydrogen-bond acceptors (Lipinski definition) is 8. The molecular weight excluding hydrogens is 432 g/mol. The summed E-state index contributed by atoms with van der Waals surface area (Å²) in [6.45, 7) is 0.157. The molecule has 4 rings (SSSR count). The van der Waals surface area contributed by atoms with Gasteiger partial charge in [0.15, 0.2) is 5.82 Å². The number of benzene rings is 1. The molecule has 0 fully saturated rings. The first kappa shape index (κ1) is 21.6. The van der Waals surface area contributed by atoms with Crippen molar-refractivity contribution < 1.29 is 14.3 Å². The SMILES string of the molecule is COc1cc(COC(=O)C2C=Nc3c(c(=O)n(Cc4ccccc4)c(=O)n3C)S2)ccn1. The highest BCUT2D eigenvalue weighted by molar-refractivity contribution is 8.01. The van der Waals surface area contributed by atoms with Crippen LogP contribution < -0.4 is 16.0 Å². The number of rotatable bonds is 6. The van der Waals surface area contributed by atoms with Crippen molar-refractivity contribution >= 4 is 29.8 Å². The lowest BCUT2D eigenvalue weighted by molar-refractivity contribution is -0.142. The lowest BCUT2D eigenvalue weighted by Crippen LogP contribution is -2.41. The molecule has 0 spiro atoms. The van der Waals surface area contributed by atoms with Gasteiger partial charge in [-0.3, -0.25) is 18.7 Å². The van der Waals surface area contributed by atoms with E-state index in [9.17, 15) is 14.4 Å². The van der Waals surface area contributed by atoms with E-state index in [1.54, 1.807) is 25.4 Å². The second-order valence-electron chi connectivity index (χ2n) is 7.00. The first-order chi connectivity index (χ1) is 15.5. The topological polar surface area (TPSA) is 105 Å². The Kier molecular flexibility index (Phi) is 6.22. The third-order valence-corrected chi connectivity index (χ3v) is 6.02. The monoisotopic (exact) mass is 452 g/mol. The summed E-state index contributed by atoms with van der Waals surface area (Å²) in [5.74, 6) is 0.112. The van der Waals surface area contributed by atoms with Gasteiger partial charge in [-0.1, -0.05) is 42.1 Å². The minimum Gasteiger partial charge on any atom is -0.481 e. The second-order valence-corrected chi connectivity index (χ2v) is 8.15. The molecule has 1 aliphatic heterocycles. The van der Waals surface area contributed by atoms with Gasteiger partial charge < -0.3 is 9.47 Å². The molecule has 0 N–H and O–H groups in total. The Hall–Kier alpha value is -3.66. The number of fused-ring (bicyclic) bond motifs is 1. The van der Waals surface area contributed by atoms with E-state index in [0.29, 0.717) is 5.88 Å². The molecule has 0 saturated carbocycles. The molecule has 0 bridgehead atoms. The Morgan fingerprint density at radius 3 is 2.69 bits per heavy atom. The van der Waals surface area contributed by atoms with Crippen LogP contribution in [0.4, 0.5) is 5.82 Å². The van der Waals surface area contributed by atoms with E-state index in [0.717, 1.165) is 27.5 Å². The number of methoxy groups -OCH3 is 1. The molecule has 164 valence electrons. The van der Waals surface area contributed by atoms with E-state index in [2.05, 4.69) is 9.98 Å². The van der Waals surface area contributed by atoms with Crippen molar-refractivity contribution in [3.8, 4) is 5.88 Å². The first-order valence-corrected chi connectivity index (χ1v) is 10.6. The van der Waals surface area contributed by atoms with Crippen molar-refractivity contribution in [2.24, 2.45) is 12.0 Å². The van der Waals surface area contributed by atoms with Crippen LogP contribution in [0.15, 0.2) is 68.1 Å². The standard InChI is InChI=1S/C22H20N4O5S/c1-25-19-18(20(27)26(22(25)29)12-14-6-4-3-5-7-14)32-16(11-24-19)21(28)31-13-15-8-9-23-17(10-15)30-2/h3-11,16H,12-13H2,1-2H3. The first-order valence-electron chi connectivity index (χ1n) is 9.72. The normalized spacial score (nSPS) is 14.6. The number of esters is 1. The van der Waals surface area contributed by atoms with Crippen LogP contribution in [0.3, 0.4) is 0 Å². The molecule has 9 nitrogen and oxygen atoms in total. The summed E-state index contributed by atoms with van der Waals surface area (Å²) in [6, 6.07) is 12.6. The lowest BCUT2D eigenvalue weighted by atomic mass is 10.2. The Bertz CT molecular complexity index is 1300. The predicted molar refractivity (Wildman–Crippen MR) is 120 cm³/mol. The van der Waals surface area contributed by atoms with Crippen LogP contribution in [-0.4, -0.2) is 38.7 Å². The van der Waals surface area contributed by atoms with Crippen LogP contribution >= 0.6 is 11.8 Å².